The average molecular weight is 359 g/mol. The Morgan fingerprint density at radius 1 is 1.07 bits per heavy atom. The summed E-state index contributed by atoms with van der Waals surface area (Å²) in [6.45, 7) is 9.59. The Morgan fingerprint density at radius 3 is 2.30 bits per heavy atom. The molecule has 0 atom stereocenters. The summed E-state index contributed by atoms with van der Waals surface area (Å²) in [4.78, 5) is 12.8. The van der Waals surface area contributed by atoms with Crippen LogP contribution in [0, 0.1) is 45.9 Å². The molecule has 0 aliphatic carbocycles. The number of carbonyl (C=O) groups is 1. The number of nitrogens with zero attached hydrogens (tertiary/aromatic N) is 3. The molecule has 0 unspecified atom stereocenters. The third kappa shape index (κ3) is 3.61. The van der Waals surface area contributed by atoms with Gasteiger partial charge in [0, 0.05) is 23.0 Å². The van der Waals surface area contributed by atoms with Crippen LogP contribution >= 0.6 is 0 Å². The minimum atomic E-state index is -0.272. The third-order valence-electron chi connectivity index (χ3n) is 4.46. The predicted octanol–water partition coefficient (Wildman–Crippen LogP) is 4.80. The van der Waals surface area contributed by atoms with Crippen LogP contribution in [0.5, 0.6) is 0 Å². The summed E-state index contributed by atoms with van der Waals surface area (Å²) >= 11 is 0. The summed E-state index contributed by atoms with van der Waals surface area (Å²) in [5.41, 5.74) is 5.27. The fourth-order valence-electron chi connectivity index (χ4n) is 3.31. The molecule has 1 aromatic carbocycles. The summed E-state index contributed by atoms with van der Waals surface area (Å²) in [5, 5.41) is 13.6. The van der Waals surface area contributed by atoms with Crippen molar-refractivity contribution in [1.29, 1.82) is 5.26 Å². The van der Waals surface area contributed by atoms with Crippen molar-refractivity contribution in [3.8, 4) is 11.9 Å². The van der Waals surface area contributed by atoms with E-state index in [1.54, 1.807) is 6.08 Å². The second-order valence-electron chi connectivity index (χ2n) is 6.83. The van der Waals surface area contributed by atoms with E-state index in [0.29, 0.717) is 11.4 Å². The number of nitriles is 1. The highest BCUT2D eigenvalue weighted by Gasteiger charge is 2.17. The minimum absolute atomic E-state index is 0.108. The van der Waals surface area contributed by atoms with E-state index in [4.69, 9.17) is 4.52 Å². The summed E-state index contributed by atoms with van der Waals surface area (Å²) < 4.78 is 7.11. The Labute approximate surface area is 158 Å². The Balaban J connectivity index is 2.04. The van der Waals surface area contributed by atoms with E-state index in [1.165, 1.54) is 0 Å². The molecule has 5 nitrogen and oxygen atoms in total. The van der Waals surface area contributed by atoms with Crippen LogP contribution in [0.15, 0.2) is 40.4 Å². The van der Waals surface area contributed by atoms with Crippen LogP contribution in [-0.4, -0.2) is 15.5 Å². The lowest BCUT2D eigenvalue weighted by atomic mass is 9.98. The lowest BCUT2D eigenvalue weighted by Gasteiger charge is -2.05. The maximum absolute atomic E-state index is 12.8. The number of benzene rings is 1. The van der Waals surface area contributed by atoms with Gasteiger partial charge in [-0.2, -0.15) is 5.26 Å². The van der Waals surface area contributed by atoms with E-state index < -0.39 is 0 Å². The summed E-state index contributed by atoms with van der Waals surface area (Å²) in [6, 6.07) is 11.5. The number of aromatic nitrogens is 2. The minimum Gasteiger partial charge on any atom is -0.360 e. The zero-order valence-corrected chi connectivity index (χ0v) is 16.1. The number of aryl methyl sites for hydroxylation is 4. The Bertz CT molecular complexity index is 1090. The molecule has 0 saturated carbocycles. The van der Waals surface area contributed by atoms with Crippen molar-refractivity contribution in [1.82, 2.24) is 9.72 Å². The highest BCUT2D eigenvalue weighted by atomic mass is 16.5. The zero-order chi connectivity index (χ0) is 19.7. The quantitative estimate of drug-likeness (QED) is 0.381. The maximum Gasteiger partial charge on any atom is 0.203 e. The average Bonchev–Trinajstić information content (AvgIpc) is 3.14. The summed E-state index contributed by atoms with van der Waals surface area (Å²) in [7, 11) is 0. The third-order valence-corrected chi connectivity index (χ3v) is 4.46. The van der Waals surface area contributed by atoms with Crippen molar-refractivity contribution >= 4 is 11.9 Å². The highest BCUT2D eigenvalue weighted by molar-refractivity contribution is 6.14. The van der Waals surface area contributed by atoms with Crippen LogP contribution in [0.1, 0.15) is 44.2 Å². The first kappa shape index (κ1) is 18.4. The van der Waals surface area contributed by atoms with Crippen molar-refractivity contribution < 1.29 is 9.32 Å². The maximum atomic E-state index is 12.8. The molecule has 0 aliphatic heterocycles. The van der Waals surface area contributed by atoms with Gasteiger partial charge < -0.3 is 4.52 Å². The second-order valence-corrected chi connectivity index (χ2v) is 6.83. The van der Waals surface area contributed by atoms with E-state index in [-0.39, 0.29) is 11.4 Å². The first-order valence-electron chi connectivity index (χ1n) is 8.67. The lowest BCUT2D eigenvalue weighted by molar-refractivity contribution is 0.104. The van der Waals surface area contributed by atoms with Gasteiger partial charge in [-0.25, -0.2) is 0 Å². The van der Waals surface area contributed by atoms with Gasteiger partial charge in [0.25, 0.3) is 0 Å². The first-order chi connectivity index (χ1) is 12.8. The molecule has 2 aromatic heterocycles. The van der Waals surface area contributed by atoms with Crippen LogP contribution in [-0.2, 0) is 0 Å². The van der Waals surface area contributed by atoms with Gasteiger partial charge in [0.05, 0.1) is 0 Å². The SMILES string of the molecule is Cc1cc(C)cc(C(=O)/C(C#N)=C/c2cc(C)n(-c3cc(C)on3)c2C)c1. The molecular formula is C22H21N3O2. The largest absolute Gasteiger partial charge is 0.360 e. The molecule has 3 rings (SSSR count). The molecule has 0 radical (unpaired) electrons. The van der Waals surface area contributed by atoms with Crippen molar-refractivity contribution in [3.05, 3.63) is 75.3 Å². The van der Waals surface area contributed by atoms with Gasteiger partial charge in [-0.15, -0.1) is 0 Å². The van der Waals surface area contributed by atoms with Crippen LogP contribution < -0.4 is 0 Å². The van der Waals surface area contributed by atoms with Crippen LogP contribution in [0.3, 0.4) is 0 Å². The molecule has 0 saturated heterocycles. The molecule has 0 N–H and O–H groups in total. The van der Waals surface area contributed by atoms with Crippen LogP contribution in [0.25, 0.3) is 11.9 Å². The molecule has 5 heteroatoms. The van der Waals surface area contributed by atoms with Gasteiger partial charge in [-0.1, -0.05) is 22.3 Å². The molecule has 0 fully saturated rings. The highest BCUT2D eigenvalue weighted by Crippen LogP contribution is 2.24. The lowest BCUT2D eigenvalue weighted by Crippen LogP contribution is -2.03. The molecular weight excluding hydrogens is 338 g/mol. The van der Waals surface area contributed by atoms with Gasteiger partial charge in [0.2, 0.25) is 5.78 Å². The fraction of sp³-hybridized carbons (Fsp3) is 0.227. The number of hydrogen-bond acceptors (Lipinski definition) is 4. The van der Waals surface area contributed by atoms with Crippen LogP contribution in [0.2, 0.25) is 0 Å². The number of ketones is 1. The van der Waals surface area contributed by atoms with Crippen molar-refractivity contribution in [2.75, 3.05) is 0 Å². The fourth-order valence-corrected chi connectivity index (χ4v) is 3.31. The van der Waals surface area contributed by atoms with Gasteiger partial charge in [0.15, 0.2) is 5.82 Å². The molecule has 27 heavy (non-hydrogen) atoms. The molecule has 0 bridgehead atoms. The molecule has 3 aromatic rings. The number of rotatable bonds is 4. The normalized spacial score (nSPS) is 11.5. The summed E-state index contributed by atoms with van der Waals surface area (Å²) in [6.07, 6.45) is 1.64. The van der Waals surface area contributed by atoms with E-state index in [0.717, 1.165) is 33.8 Å². The standard InChI is InChI=1S/C22H21N3O2/c1-13-6-14(2)8-19(7-13)22(26)20(12-23)11-18-9-15(3)25(17(18)5)21-10-16(4)27-24-21/h6-11H,1-5H3/b20-11+. The summed E-state index contributed by atoms with van der Waals surface area (Å²) in [5.74, 6) is 1.13. The number of hydrogen-bond donors (Lipinski definition) is 0. The Hall–Kier alpha value is -3.39. The van der Waals surface area contributed by atoms with Crippen LogP contribution in [0.4, 0.5) is 0 Å². The molecule has 0 aliphatic rings. The van der Waals surface area contributed by atoms with Gasteiger partial charge >= 0.3 is 0 Å². The Morgan fingerprint density at radius 2 is 1.74 bits per heavy atom. The van der Waals surface area contributed by atoms with E-state index in [2.05, 4.69) is 11.2 Å². The van der Waals surface area contributed by atoms with Crippen molar-refractivity contribution in [2.24, 2.45) is 0 Å². The second kappa shape index (κ2) is 7.08. The Kier molecular flexibility index (Phi) is 4.83. The monoisotopic (exact) mass is 359 g/mol. The molecule has 136 valence electrons. The van der Waals surface area contributed by atoms with Gasteiger partial charge in [-0.05, 0) is 64.5 Å². The molecule has 2 heterocycles. The zero-order valence-electron chi connectivity index (χ0n) is 16.1. The first-order valence-corrected chi connectivity index (χ1v) is 8.67. The molecule has 0 amide bonds. The van der Waals surface area contributed by atoms with Crippen molar-refractivity contribution in [2.45, 2.75) is 34.6 Å². The molecule has 0 spiro atoms. The number of carbonyl (C=O) groups excluding carboxylic acids is 1. The number of Topliss-reactive ketones (excluding diaryl/α,β-unsaturated/α-hetero) is 1. The van der Waals surface area contributed by atoms with E-state index in [1.807, 2.05) is 69.5 Å². The van der Waals surface area contributed by atoms with Crippen molar-refractivity contribution in [3.63, 3.8) is 0 Å². The topological polar surface area (TPSA) is 71.8 Å². The van der Waals surface area contributed by atoms with Gasteiger partial charge in [0.1, 0.15) is 17.4 Å². The smallest absolute Gasteiger partial charge is 0.203 e. The van der Waals surface area contributed by atoms with Gasteiger partial charge in [-0.3, -0.25) is 9.36 Å². The van der Waals surface area contributed by atoms with E-state index >= 15 is 0 Å². The number of allylic oxidation sites excluding steroid dienone is 1. The predicted molar refractivity (Wildman–Crippen MR) is 104 cm³/mol. The van der Waals surface area contributed by atoms with E-state index in [9.17, 15) is 10.1 Å².